The third-order valence-electron chi connectivity index (χ3n) is 3.81. The van der Waals surface area contributed by atoms with Crippen molar-refractivity contribution in [3.8, 4) is 0 Å². The van der Waals surface area contributed by atoms with E-state index in [-0.39, 0.29) is 0 Å². The molecule has 0 heterocycles. The first kappa shape index (κ1) is 12.0. The fraction of sp³-hybridized carbons (Fsp3) is 0.769. The SMILES string of the molecule is CC(C)(C)[Si](C)(C)[CH]C1=CCCCC1. The lowest BCUT2D eigenvalue weighted by molar-refractivity contribution is 0.697. The predicted octanol–water partition coefficient (Wildman–Crippen LogP) is 4.74. The van der Waals surface area contributed by atoms with Gasteiger partial charge in [-0.25, -0.2) is 0 Å². The van der Waals surface area contributed by atoms with Crippen LogP contribution in [0.25, 0.3) is 0 Å². The maximum atomic E-state index is 2.63. The van der Waals surface area contributed by atoms with Gasteiger partial charge in [-0.1, -0.05) is 45.5 Å². The van der Waals surface area contributed by atoms with Crippen LogP contribution in [0.5, 0.6) is 0 Å². The van der Waals surface area contributed by atoms with Crippen molar-refractivity contribution in [2.45, 2.75) is 64.6 Å². The standard InChI is InChI=1S/C13H25Si/c1-13(2,3)14(4,5)11-12-9-7-6-8-10-12/h9,11H,6-8,10H2,1-5H3. The Bertz CT molecular complexity index is 218. The molecule has 0 fully saturated rings. The topological polar surface area (TPSA) is 0 Å². The largest absolute Gasteiger partial charge is 0.0853 e. The molecule has 1 aliphatic carbocycles. The van der Waals surface area contributed by atoms with Gasteiger partial charge in [0.25, 0.3) is 0 Å². The van der Waals surface area contributed by atoms with Gasteiger partial charge in [0, 0.05) is 0 Å². The highest BCUT2D eigenvalue weighted by atomic mass is 28.3. The van der Waals surface area contributed by atoms with E-state index in [1.807, 2.05) is 0 Å². The minimum absolute atomic E-state index is 0.491. The third kappa shape index (κ3) is 2.98. The van der Waals surface area contributed by atoms with Gasteiger partial charge in [0.15, 0.2) is 0 Å². The number of allylic oxidation sites excluding steroid dienone is 2. The molecule has 1 aliphatic rings. The molecule has 0 unspecified atom stereocenters. The summed E-state index contributed by atoms with van der Waals surface area (Å²) >= 11 is 0. The summed E-state index contributed by atoms with van der Waals surface area (Å²) in [5, 5.41) is 0.491. The quantitative estimate of drug-likeness (QED) is 0.576. The van der Waals surface area contributed by atoms with Gasteiger partial charge < -0.3 is 0 Å². The number of rotatable bonds is 2. The molecule has 81 valence electrons. The lowest BCUT2D eigenvalue weighted by Crippen LogP contribution is -2.38. The molecule has 0 N–H and O–H groups in total. The van der Waals surface area contributed by atoms with Crippen molar-refractivity contribution in [3.63, 3.8) is 0 Å². The van der Waals surface area contributed by atoms with Gasteiger partial charge in [0.1, 0.15) is 0 Å². The molecule has 1 radical (unpaired) electrons. The lowest BCUT2D eigenvalue weighted by atomic mass is 10.0. The first-order chi connectivity index (χ1) is 6.33. The van der Waals surface area contributed by atoms with E-state index in [2.05, 4.69) is 46.0 Å². The average Bonchev–Trinajstić information content (AvgIpc) is 2.03. The van der Waals surface area contributed by atoms with Crippen LogP contribution in [-0.4, -0.2) is 8.07 Å². The summed E-state index contributed by atoms with van der Waals surface area (Å²) in [5.74, 6) is 0. The third-order valence-corrected chi connectivity index (χ3v) is 8.76. The molecule has 0 aromatic carbocycles. The maximum absolute atomic E-state index is 2.63. The highest BCUT2D eigenvalue weighted by Crippen LogP contribution is 2.40. The Morgan fingerprint density at radius 3 is 2.29 bits per heavy atom. The molecule has 1 rings (SSSR count). The van der Waals surface area contributed by atoms with Crippen LogP contribution in [0.4, 0.5) is 0 Å². The molecule has 0 aromatic heterocycles. The van der Waals surface area contributed by atoms with Crippen molar-refractivity contribution in [2.24, 2.45) is 0 Å². The fourth-order valence-corrected chi connectivity index (χ4v) is 3.30. The monoisotopic (exact) mass is 209 g/mol. The molecular formula is C13H25Si. The second-order valence-electron chi connectivity index (χ2n) is 6.14. The average molecular weight is 209 g/mol. The molecule has 0 aromatic rings. The van der Waals surface area contributed by atoms with Crippen molar-refractivity contribution in [1.82, 2.24) is 0 Å². The Hall–Kier alpha value is -0.0431. The molecule has 14 heavy (non-hydrogen) atoms. The molecule has 0 amide bonds. The molecule has 0 nitrogen and oxygen atoms in total. The zero-order chi connectivity index (χ0) is 10.8. The van der Waals surface area contributed by atoms with E-state index < -0.39 is 8.07 Å². The lowest BCUT2D eigenvalue weighted by Gasteiger charge is -2.38. The van der Waals surface area contributed by atoms with Gasteiger partial charge >= 0.3 is 0 Å². The summed E-state index contributed by atoms with van der Waals surface area (Å²) < 4.78 is 0. The predicted molar refractivity (Wildman–Crippen MR) is 68.0 cm³/mol. The van der Waals surface area contributed by atoms with Gasteiger partial charge in [-0.15, -0.1) is 0 Å². The van der Waals surface area contributed by atoms with Crippen LogP contribution < -0.4 is 0 Å². The zero-order valence-corrected chi connectivity index (χ0v) is 11.5. The van der Waals surface area contributed by atoms with Crippen LogP contribution in [0.3, 0.4) is 0 Å². The summed E-state index contributed by atoms with van der Waals surface area (Å²) in [6, 6.07) is 2.63. The van der Waals surface area contributed by atoms with Crippen molar-refractivity contribution >= 4 is 8.07 Å². The minimum Gasteiger partial charge on any atom is -0.0853 e. The second-order valence-corrected chi connectivity index (χ2v) is 11.4. The Kier molecular flexibility index (Phi) is 3.62. The van der Waals surface area contributed by atoms with Crippen LogP contribution in [-0.2, 0) is 0 Å². The minimum atomic E-state index is -1.19. The molecule has 0 spiro atoms. The number of hydrogen-bond donors (Lipinski definition) is 0. The highest BCUT2D eigenvalue weighted by Gasteiger charge is 2.35. The Labute approximate surface area is 90.8 Å². The zero-order valence-electron chi connectivity index (χ0n) is 10.5. The second kappa shape index (κ2) is 4.22. The Balaban J connectivity index is 2.62. The van der Waals surface area contributed by atoms with Crippen LogP contribution >= 0.6 is 0 Å². The molecular weight excluding hydrogens is 184 g/mol. The number of hydrogen-bond acceptors (Lipinski definition) is 0. The van der Waals surface area contributed by atoms with Crippen LogP contribution in [0.15, 0.2) is 11.6 Å². The van der Waals surface area contributed by atoms with Crippen molar-refractivity contribution in [1.29, 1.82) is 0 Å². The highest BCUT2D eigenvalue weighted by molar-refractivity contribution is 6.84. The van der Waals surface area contributed by atoms with E-state index >= 15 is 0 Å². The van der Waals surface area contributed by atoms with E-state index in [0.29, 0.717) is 5.04 Å². The van der Waals surface area contributed by atoms with Gasteiger partial charge in [0.2, 0.25) is 0 Å². The Morgan fingerprint density at radius 2 is 1.86 bits per heavy atom. The Morgan fingerprint density at radius 1 is 1.21 bits per heavy atom. The maximum Gasteiger partial charge on any atom is 0.0604 e. The van der Waals surface area contributed by atoms with E-state index in [4.69, 9.17) is 0 Å². The summed E-state index contributed by atoms with van der Waals surface area (Å²) in [4.78, 5) is 0. The van der Waals surface area contributed by atoms with E-state index in [1.54, 1.807) is 5.57 Å². The van der Waals surface area contributed by atoms with E-state index in [9.17, 15) is 0 Å². The first-order valence-corrected chi connectivity index (χ1v) is 8.96. The van der Waals surface area contributed by atoms with Crippen LogP contribution in [0.2, 0.25) is 18.1 Å². The van der Waals surface area contributed by atoms with Crippen molar-refractivity contribution in [2.75, 3.05) is 0 Å². The summed E-state index contributed by atoms with van der Waals surface area (Å²) in [6.45, 7) is 12.1. The van der Waals surface area contributed by atoms with E-state index in [1.165, 1.54) is 25.7 Å². The van der Waals surface area contributed by atoms with Gasteiger partial charge in [0.05, 0.1) is 8.07 Å². The normalized spacial score (nSPS) is 19.4. The van der Waals surface area contributed by atoms with Gasteiger partial charge in [-0.05, 0) is 36.8 Å². The molecule has 1 heteroatoms. The molecule has 0 bridgehead atoms. The molecule has 0 saturated heterocycles. The summed E-state index contributed by atoms with van der Waals surface area (Å²) in [6.07, 6.45) is 7.89. The molecule has 0 atom stereocenters. The first-order valence-electron chi connectivity index (χ1n) is 5.88. The van der Waals surface area contributed by atoms with Crippen molar-refractivity contribution in [3.05, 3.63) is 17.7 Å². The van der Waals surface area contributed by atoms with E-state index in [0.717, 1.165) is 0 Å². The summed E-state index contributed by atoms with van der Waals surface area (Å²) in [5.41, 5.74) is 1.64. The molecule has 0 saturated carbocycles. The smallest absolute Gasteiger partial charge is 0.0604 e. The van der Waals surface area contributed by atoms with Crippen LogP contribution in [0.1, 0.15) is 46.5 Å². The van der Waals surface area contributed by atoms with Gasteiger partial charge in [-0.2, -0.15) is 0 Å². The van der Waals surface area contributed by atoms with Gasteiger partial charge in [-0.3, -0.25) is 0 Å². The summed E-state index contributed by atoms with van der Waals surface area (Å²) in [7, 11) is -1.19. The van der Waals surface area contributed by atoms with Crippen LogP contribution in [0, 0.1) is 6.04 Å². The van der Waals surface area contributed by atoms with Crippen molar-refractivity contribution < 1.29 is 0 Å². The fourth-order valence-electron chi connectivity index (χ4n) is 1.67. The molecule has 0 aliphatic heterocycles.